The summed E-state index contributed by atoms with van der Waals surface area (Å²) in [7, 11) is 1.29. The number of likely N-dealkylation sites (N-methyl/N-ethyl adjacent to an activating group) is 1. The molecule has 4 amide bonds. The Kier molecular flexibility index (Phi) is 12.3. The van der Waals surface area contributed by atoms with Crippen molar-refractivity contribution < 1.29 is 28.0 Å². The average Bonchev–Trinajstić information content (AvgIpc) is 3.28. The molecule has 2 rings (SSSR count). The smallest absolute Gasteiger partial charge is 0.326 e. The largest absolute Gasteiger partial charge is 0.339 e. The van der Waals surface area contributed by atoms with Gasteiger partial charge in [-0.25, -0.2) is 0 Å². The average molecular weight is 536 g/mol. The van der Waals surface area contributed by atoms with Crippen molar-refractivity contribution in [3.8, 4) is 6.07 Å². The van der Waals surface area contributed by atoms with Crippen LogP contribution >= 0.6 is 0 Å². The monoisotopic (exact) mass is 535 g/mol. The van der Waals surface area contributed by atoms with E-state index in [9.17, 15) is 33.2 Å². The third kappa shape index (κ3) is 9.39. The minimum atomic E-state index is -3.65. The fourth-order valence-corrected chi connectivity index (χ4v) is 3.51. The number of para-hydroxylation sites is 1. The molecule has 0 spiro atoms. The molecule has 0 aliphatic carbocycles. The van der Waals surface area contributed by atoms with Crippen LogP contribution < -0.4 is 10.6 Å². The highest BCUT2D eigenvalue weighted by Gasteiger charge is 2.44. The summed E-state index contributed by atoms with van der Waals surface area (Å²) < 4.78 is 27.7. The minimum Gasteiger partial charge on any atom is -0.339 e. The fraction of sp³-hybridized carbons (Fsp3) is 0.593. The third-order valence-electron chi connectivity index (χ3n) is 5.68. The van der Waals surface area contributed by atoms with Gasteiger partial charge in [0, 0.05) is 25.2 Å². The second-order valence-corrected chi connectivity index (χ2v) is 10.4. The number of hydrogen-bond acceptors (Lipinski definition) is 5. The molecule has 0 radical (unpaired) electrons. The highest BCUT2D eigenvalue weighted by molar-refractivity contribution is 5.94. The van der Waals surface area contributed by atoms with Gasteiger partial charge in [-0.2, -0.15) is 14.0 Å². The summed E-state index contributed by atoms with van der Waals surface area (Å²) in [5.74, 6) is -7.87. The molecule has 1 aromatic carbocycles. The summed E-state index contributed by atoms with van der Waals surface area (Å²) in [5.41, 5.74) is 0.593. The Labute approximate surface area is 223 Å². The first-order valence-electron chi connectivity index (χ1n) is 12.6. The van der Waals surface area contributed by atoms with Crippen LogP contribution in [-0.2, 0) is 19.2 Å². The molecule has 11 heteroatoms. The molecule has 3 atom stereocenters. The predicted octanol–water partition coefficient (Wildman–Crippen LogP) is 3.28. The van der Waals surface area contributed by atoms with Gasteiger partial charge in [0.2, 0.25) is 17.7 Å². The number of rotatable bonds is 8. The maximum atomic E-state index is 13.8. The van der Waals surface area contributed by atoms with Crippen molar-refractivity contribution in [2.24, 2.45) is 17.8 Å². The predicted molar refractivity (Wildman–Crippen MR) is 140 cm³/mol. The van der Waals surface area contributed by atoms with Crippen LogP contribution in [0.1, 0.15) is 48.0 Å². The van der Waals surface area contributed by atoms with E-state index >= 15 is 0 Å². The van der Waals surface area contributed by atoms with Crippen molar-refractivity contribution in [2.75, 3.05) is 25.5 Å². The Balaban J connectivity index is 0.00000168. The van der Waals surface area contributed by atoms with E-state index in [-0.39, 0.29) is 18.9 Å². The van der Waals surface area contributed by atoms with Crippen LogP contribution in [0.5, 0.6) is 0 Å². The van der Waals surface area contributed by atoms with Gasteiger partial charge >= 0.3 is 5.92 Å². The second-order valence-electron chi connectivity index (χ2n) is 10.4. The van der Waals surface area contributed by atoms with Crippen LogP contribution in [0.15, 0.2) is 30.3 Å². The molecule has 9 nitrogen and oxygen atoms in total. The first kappa shape index (κ1) is 32.5. The molecular weight excluding hydrogens is 496 g/mol. The Hall–Kier alpha value is -3.55. The van der Waals surface area contributed by atoms with Gasteiger partial charge in [0.05, 0.1) is 18.5 Å². The van der Waals surface area contributed by atoms with E-state index in [1.54, 1.807) is 30.3 Å². The standard InChI is InChI=1S/C23H29F2N5O4.C4H10/c1-14(2)23(24,25)22(34)27-15(3)21(33)29(4)13-19(31)30-12-16(10-18(30)11-26)20(32)28-17-8-6-5-7-9-17;1-4(2)3/h5-9,14-16,18H,10,12-13H2,1-4H3,(H,27,34)(H,28,32);4H,1-3H3. The van der Waals surface area contributed by atoms with Crippen molar-refractivity contribution in [3.05, 3.63) is 30.3 Å². The minimum absolute atomic E-state index is 0.00462. The Morgan fingerprint density at radius 2 is 1.66 bits per heavy atom. The molecule has 1 aliphatic heterocycles. The maximum Gasteiger partial charge on any atom is 0.326 e. The number of nitrogens with one attached hydrogen (secondary N) is 2. The summed E-state index contributed by atoms with van der Waals surface area (Å²) in [6.07, 6.45) is 0.148. The summed E-state index contributed by atoms with van der Waals surface area (Å²) in [5, 5.41) is 14.2. The molecular formula is C27H39F2N5O4. The normalized spacial score (nSPS) is 17.7. The molecule has 2 N–H and O–H groups in total. The van der Waals surface area contributed by atoms with Gasteiger partial charge in [0.15, 0.2) is 0 Å². The van der Waals surface area contributed by atoms with E-state index in [2.05, 4.69) is 26.1 Å². The van der Waals surface area contributed by atoms with Gasteiger partial charge in [0.1, 0.15) is 12.1 Å². The van der Waals surface area contributed by atoms with E-state index in [1.165, 1.54) is 32.7 Å². The molecule has 1 saturated heterocycles. The van der Waals surface area contributed by atoms with E-state index in [0.29, 0.717) is 5.69 Å². The van der Waals surface area contributed by atoms with Crippen molar-refractivity contribution in [3.63, 3.8) is 0 Å². The van der Waals surface area contributed by atoms with Gasteiger partial charge in [-0.15, -0.1) is 0 Å². The fourth-order valence-electron chi connectivity index (χ4n) is 3.51. The Bertz CT molecular complexity index is 1010. The number of amides is 4. The number of halogens is 2. The van der Waals surface area contributed by atoms with Gasteiger partial charge in [0.25, 0.3) is 5.91 Å². The van der Waals surface area contributed by atoms with Gasteiger partial charge in [-0.05, 0) is 31.4 Å². The zero-order valence-electron chi connectivity index (χ0n) is 23.1. The number of anilines is 1. The lowest BCUT2D eigenvalue weighted by molar-refractivity contribution is -0.154. The number of nitrogens with zero attached hydrogens (tertiary/aromatic N) is 3. The molecule has 1 aromatic rings. The molecule has 3 unspecified atom stereocenters. The number of benzene rings is 1. The SMILES string of the molecule is CC(C)C.CC(NC(=O)C(F)(F)C(C)C)C(=O)N(C)CC(=O)N1CC(C(=O)Nc2ccccc2)CC1C#N. The van der Waals surface area contributed by atoms with Crippen LogP contribution in [0.2, 0.25) is 0 Å². The Morgan fingerprint density at radius 3 is 2.16 bits per heavy atom. The van der Waals surface area contributed by atoms with Crippen LogP contribution in [-0.4, -0.2) is 71.6 Å². The van der Waals surface area contributed by atoms with E-state index in [0.717, 1.165) is 10.8 Å². The van der Waals surface area contributed by atoms with Crippen LogP contribution in [0, 0.1) is 29.1 Å². The number of carbonyl (C=O) groups excluding carboxylic acids is 4. The van der Waals surface area contributed by atoms with Crippen molar-refractivity contribution in [1.29, 1.82) is 5.26 Å². The second kappa shape index (κ2) is 14.4. The lowest BCUT2D eigenvalue weighted by Gasteiger charge is -2.27. The van der Waals surface area contributed by atoms with Crippen LogP contribution in [0.4, 0.5) is 14.5 Å². The number of likely N-dealkylation sites (tertiary alicyclic amines) is 1. The quantitative estimate of drug-likeness (QED) is 0.529. The van der Waals surface area contributed by atoms with Crippen LogP contribution in [0.3, 0.4) is 0 Å². The first-order valence-corrected chi connectivity index (χ1v) is 12.6. The lowest BCUT2D eigenvalue weighted by Crippen LogP contribution is -2.53. The van der Waals surface area contributed by atoms with E-state index < -0.39 is 54.1 Å². The molecule has 0 aromatic heterocycles. The van der Waals surface area contributed by atoms with E-state index in [1.807, 2.05) is 11.4 Å². The number of hydrogen-bond donors (Lipinski definition) is 2. The topological polar surface area (TPSA) is 123 Å². The number of alkyl halides is 2. The highest BCUT2D eigenvalue weighted by Crippen LogP contribution is 2.25. The Morgan fingerprint density at radius 1 is 1.11 bits per heavy atom. The zero-order valence-corrected chi connectivity index (χ0v) is 23.1. The first-order chi connectivity index (χ1) is 17.6. The van der Waals surface area contributed by atoms with Gasteiger partial charge in [-0.3, -0.25) is 19.2 Å². The molecule has 210 valence electrons. The molecule has 1 aliphatic rings. The maximum absolute atomic E-state index is 13.8. The molecule has 38 heavy (non-hydrogen) atoms. The van der Waals surface area contributed by atoms with Gasteiger partial charge in [-0.1, -0.05) is 52.8 Å². The summed E-state index contributed by atoms with van der Waals surface area (Å²) in [4.78, 5) is 51.9. The summed E-state index contributed by atoms with van der Waals surface area (Å²) >= 11 is 0. The summed E-state index contributed by atoms with van der Waals surface area (Å²) in [6, 6.07) is 8.64. The molecule has 1 heterocycles. The van der Waals surface area contributed by atoms with Crippen molar-refractivity contribution in [2.45, 2.75) is 66.0 Å². The van der Waals surface area contributed by atoms with E-state index in [4.69, 9.17) is 0 Å². The highest BCUT2D eigenvalue weighted by atomic mass is 19.3. The molecule has 0 bridgehead atoms. The summed E-state index contributed by atoms with van der Waals surface area (Å²) in [6.45, 7) is 9.68. The number of nitriles is 1. The lowest BCUT2D eigenvalue weighted by atomic mass is 10.1. The third-order valence-corrected chi connectivity index (χ3v) is 5.68. The van der Waals surface area contributed by atoms with Crippen molar-refractivity contribution >= 4 is 29.3 Å². The van der Waals surface area contributed by atoms with Crippen molar-refractivity contribution in [1.82, 2.24) is 15.1 Å². The molecule has 1 fully saturated rings. The molecule has 0 saturated carbocycles. The zero-order chi connectivity index (χ0) is 29.2. The van der Waals surface area contributed by atoms with Gasteiger partial charge < -0.3 is 20.4 Å². The number of carbonyl (C=O) groups is 4. The van der Waals surface area contributed by atoms with Crippen LogP contribution in [0.25, 0.3) is 0 Å².